The number of rotatable bonds is 10. The van der Waals surface area contributed by atoms with Crippen molar-refractivity contribution in [1.82, 2.24) is 0 Å². The number of hydrogen-bond acceptors (Lipinski definition) is 17. The first-order valence-corrected chi connectivity index (χ1v) is 14.2. The summed E-state index contributed by atoms with van der Waals surface area (Å²) < 4.78 is 48.3. The smallest absolute Gasteiger partial charge is 0.187 e. The molecule has 42 heavy (non-hydrogen) atoms. The van der Waals surface area contributed by atoms with Crippen LogP contribution >= 0.6 is 0 Å². The zero-order chi connectivity index (χ0) is 30.9. The number of ether oxygens (including phenoxy) is 6. The van der Waals surface area contributed by atoms with Crippen LogP contribution in [0.15, 0.2) is 0 Å². The quantitative estimate of drug-likeness (QED) is 0.109. The molecular weight excluding hydrogens is 567 g/mol. The van der Waals surface area contributed by atoms with E-state index >= 15 is 0 Å². The Bertz CT molecular complexity index is 859. The Balaban J connectivity index is 1.48. The lowest BCUT2D eigenvalue weighted by atomic mass is 9.84. The molecule has 246 valence electrons. The Kier molecular flexibility index (Phi) is 11.8. The highest BCUT2D eigenvalue weighted by Gasteiger charge is 2.53. The fourth-order valence-electron chi connectivity index (χ4n) is 5.85. The van der Waals surface area contributed by atoms with E-state index in [0.29, 0.717) is 12.8 Å². The molecule has 18 heteroatoms. The second-order valence-corrected chi connectivity index (χ2v) is 11.5. The fourth-order valence-corrected chi connectivity index (χ4v) is 5.85. The van der Waals surface area contributed by atoms with Gasteiger partial charge in [0.1, 0.15) is 55.5 Å². The van der Waals surface area contributed by atoms with Gasteiger partial charge in [-0.1, -0.05) is 0 Å². The predicted octanol–water partition coefficient (Wildman–Crippen LogP) is -6.50. The van der Waals surface area contributed by atoms with Crippen LogP contribution in [0, 0.1) is 0 Å². The van der Waals surface area contributed by atoms with Crippen LogP contribution in [0.2, 0.25) is 0 Å². The molecule has 4 rings (SSSR count). The van der Waals surface area contributed by atoms with Crippen LogP contribution in [-0.2, 0) is 28.4 Å². The molecule has 0 spiro atoms. The van der Waals surface area contributed by atoms with Gasteiger partial charge in [0.25, 0.3) is 0 Å². The van der Waals surface area contributed by atoms with Crippen LogP contribution in [0.4, 0.5) is 4.39 Å². The van der Waals surface area contributed by atoms with Crippen molar-refractivity contribution < 1.29 is 58.3 Å². The molecule has 18 atom stereocenters. The van der Waals surface area contributed by atoms with Crippen LogP contribution in [0.1, 0.15) is 19.3 Å². The van der Waals surface area contributed by atoms with E-state index in [1.54, 1.807) is 0 Å². The summed E-state index contributed by atoms with van der Waals surface area (Å²) >= 11 is 0. The second kappa shape index (κ2) is 14.6. The third kappa shape index (κ3) is 7.05. The SMILES string of the molecule is NC[C@@H]1O[C@H](O[C@H]2[C@@H](O)[C@H](O[C@@H]3[C@@H](O)[C@H](N)C[C@H](N)[C@H]3O[C@H]3O[C@H]([C@H](N)CF)CC[C@H]3N)O[C@@H]2CO)[C@H](N)[C@@H](O)[C@@H]1O. The molecule has 4 fully saturated rings. The summed E-state index contributed by atoms with van der Waals surface area (Å²) in [5.74, 6) is 0. The summed E-state index contributed by atoms with van der Waals surface area (Å²) in [5.41, 5.74) is 36.1. The summed E-state index contributed by atoms with van der Waals surface area (Å²) in [7, 11) is 0. The van der Waals surface area contributed by atoms with Gasteiger partial charge in [-0.05, 0) is 19.3 Å². The van der Waals surface area contributed by atoms with Gasteiger partial charge in [-0.25, -0.2) is 4.39 Å². The number of hydrogen-bond donors (Lipinski definition) is 11. The van der Waals surface area contributed by atoms with Crippen molar-refractivity contribution in [3.8, 4) is 0 Å². The molecule has 3 aliphatic heterocycles. The normalized spacial score (nSPS) is 51.0. The Hall–Kier alpha value is -0.750. The van der Waals surface area contributed by atoms with E-state index in [-0.39, 0.29) is 13.0 Å². The van der Waals surface area contributed by atoms with Crippen LogP contribution in [0.3, 0.4) is 0 Å². The summed E-state index contributed by atoms with van der Waals surface area (Å²) in [4.78, 5) is 0. The van der Waals surface area contributed by atoms with Crippen molar-refractivity contribution in [3.05, 3.63) is 0 Å². The molecule has 17 nitrogen and oxygen atoms in total. The van der Waals surface area contributed by atoms with E-state index in [1.165, 1.54) is 0 Å². The van der Waals surface area contributed by atoms with E-state index in [2.05, 4.69) is 0 Å². The standard InChI is InChI=1S/C24H47FN6O11/c25-4-10(30)11-2-1-7(27)22(37-11)40-19-9(29)3-8(28)15(33)21(19)42-24-18(36)20(13(6-32)39-24)41-23-14(31)17(35)16(34)12(5-26)38-23/h7-24,32-36H,1-6,26-31H2/t7-,8-,9+,10-,11+,12+,13-,14-,15+,16-,17-,18-,19-,20-,21-,22-,23-,24+/m1/s1. The summed E-state index contributed by atoms with van der Waals surface area (Å²) in [6.07, 6.45) is -15.0. The number of halogens is 1. The van der Waals surface area contributed by atoms with Crippen LogP contribution in [-0.4, -0.2) is 155 Å². The molecule has 1 saturated carbocycles. The molecule has 0 aromatic carbocycles. The molecule has 1 aliphatic carbocycles. The lowest BCUT2D eigenvalue weighted by Crippen LogP contribution is -2.65. The third-order valence-corrected chi connectivity index (χ3v) is 8.49. The van der Waals surface area contributed by atoms with Gasteiger partial charge in [-0.15, -0.1) is 0 Å². The van der Waals surface area contributed by atoms with Crippen molar-refractivity contribution in [3.63, 3.8) is 0 Å². The van der Waals surface area contributed by atoms with Gasteiger partial charge >= 0.3 is 0 Å². The molecule has 0 amide bonds. The van der Waals surface area contributed by atoms with Crippen molar-refractivity contribution in [2.75, 3.05) is 19.8 Å². The van der Waals surface area contributed by atoms with Gasteiger partial charge in [0.2, 0.25) is 0 Å². The van der Waals surface area contributed by atoms with Gasteiger partial charge in [0, 0.05) is 18.6 Å². The first-order chi connectivity index (χ1) is 19.9. The highest BCUT2D eigenvalue weighted by molar-refractivity contribution is 5.01. The second-order valence-electron chi connectivity index (χ2n) is 11.5. The lowest BCUT2D eigenvalue weighted by molar-refractivity contribution is -0.290. The average molecular weight is 615 g/mol. The predicted molar refractivity (Wildman–Crippen MR) is 140 cm³/mol. The topological polar surface area (TPSA) is 313 Å². The van der Waals surface area contributed by atoms with E-state index in [1.807, 2.05) is 0 Å². The highest BCUT2D eigenvalue weighted by atomic mass is 19.1. The molecule has 0 radical (unpaired) electrons. The monoisotopic (exact) mass is 614 g/mol. The Morgan fingerprint density at radius 3 is 2.00 bits per heavy atom. The number of aliphatic hydroxyl groups excluding tert-OH is 5. The fraction of sp³-hybridized carbons (Fsp3) is 1.00. The van der Waals surface area contributed by atoms with Gasteiger partial charge in [-0.3, -0.25) is 0 Å². The van der Waals surface area contributed by atoms with Crippen molar-refractivity contribution >= 4 is 0 Å². The molecular formula is C24H47FN6O11. The van der Waals surface area contributed by atoms with Crippen LogP contribution in [0.25, 0.3) is 0 Å². The third-order valence-electron chi connectivity index (χ3n) is 8.49. The van der Waals surface area contributed by atoms with E-state index < -0.39 is 123 Å². The maximum absolute atomic E-state index is 13.2. The van der Waals surface area contributed by atoms with Gasteiger partial charge in [-0.2, -0.15) is 0 Å². The van der Waals surface area contributed by atoms with Gasteiger partial charge < -0.3 is 88.4 Å². The highest BCUT2D eigenvalue weighted by Crippen LogP contribution is 2.34. The Labute approximate surface area is 242 Å². The maximum Gasteiger partial charge on any atom is 0.187 e. The molecule has 3 heterocycles. The van der Waals surface area contributed by atoms with E-state index in [4.69, 9.17) is 62.8 Å². The summed E-state index contributed by atoms with van der Waals surface area (Å²) in [6, 6.07) is -4.31. The molecule has 0 aromatic rings. The van der Waals surface area contributed by atoms with Crippen molar-refractivity contribution in [2.24, 2.45) is 34.4 Å². The lowest BCUT2D eigenvalue weighted by Gasteiger charge is -2.46. The van der Waals surface area contributed by atoms with Crippen LogP contribution < -0.4 is 34.4 Å². The van der Waals surface area contributed by atoms with Gasteiger partial charge in [0.15, 0.2) is 18.9 Å². The summed E-state index contributed by atoms with van der Waals surface area (Å²) in [6.45, 7) is -1.58. The zero-order valence-corrected chi connectivity index (χ0v) is 23.2. The van der Waals surface area contributed by atoms with E-state index in [9.17, 15) is 29.9 Å². The van der Waals surface area contributed by atoms with Crippen molar-refractivity contribution in [2.45, 2.75) is 129 Å². The minimum atomic E-state index is -1.57. The van der Waals surface area contributed by atoms with Crippen molar-refractivity contribution in [1.29, 1.82) is 0 Å². The number of nitrogens with two attached hydrogens (primary N) is 6. The Morgan fingerprint density at radius 2 is 1.36 bits per heavy atom. The first kappa shape index (κ1) is 34.1. The molecule has 4 aliphatic rings. The molecule has 0 unspecified atom stereocenters. The van der Waals surface area contributed by atoms with Gasteiger partial charge in [0.05, 0.1) is 36.9 Å². The zero-order valence-electron chi connectivity index (χ0n) is 23.2. The van der Waals surface area contributed by atoms with E-state index in [0.717, 1.165) is 0 Å². The molecule has 3 saturated heterocycles. The van der Waals surface area contributed by atoms with Crippen LogP contribution in [0.5, 0.6) is 0 Å². The minimum absolute atomic E-state index is 0.146. The number of aliphatic hydroxyl groups is 5. The average Bonchev–Trinajstić information content (AvgIpc) is 3.27. The first-order valence-electron chi connectivity index (χ1n) is 14.2. The molecule has 17 N–H and O–H groups in total. The largest absolute Gasteiger partial charge is 0.394 e. The summed E-state index contributed by atoms with van der Waals surface area (Å²) in [5, 5.41) is 52.5. The molecule has 0 bridgehead atoms. The maximum atomic E-state index is 13.2. The molecule has 0 aromatic heterocycles. The minimum Gasteiger partial charge on any atom is -0.394 e. The Morgan fingerprint density at radius 1 is 0.714 bits per heavy atom. The number of alkyl halides is 1.